The van der Waals surface area contributed by atoms with Gasteiger partial charge in [-0.1, -0.05) is 56.3 Å². The Morgan fingerprint density at radius 1 is 0.800 bits per heavy atom. The highest BCUT2D eigenvalue weighted by Crippen LogP contribution is 2.32. The first-order valence-electron chi connectivity index (χ1n) is 12.0. The summed E-state index contributed by atoms with van der Waals surface area (Å²) in [5.74, 6) is 0.811. The van der Waals surface area contributed by atoms with Gasteiger partial charge < -0.3 is 9.47 Å². The number of ether oxygens (including phenoxy) is 2. The topological polar surface area (TPSA) is 51.7 Å². The molecule has 0 amide bonds. The molecule has 0 aliphatic carbocycles. The predicted octanol–water partition coefficient (Wildman–Crippen LogP) is 6.83. The molecule has 4 aromatic carbocycles. The average Bonchev–Trinajstić information content (AvgIpc) is 2.87. The van der Waals surface area contributed by atoms with Gasteiger partial charge in [-0.25, -0.2) is 9.78 Å². The number of aromatic nitrogens is 1. The van der Waals surface area contributed by atoms with Crippen molar-refractivity contribution in [3.8, 4) is 11.5 Å². The summed E-state index contributed by atoms with van der Waals surface area (Å²) in [6.07, 6.45) is -0.0747. The maximum atomic E-state index is 13.5. The van der Waals surface area contributed by atoms with Crippen LogP contribution >= 0.6 is 0 Å². The van der Waals surface area contributed by atoms with Gasteiger partial charge in [-0.15, -0.1) is 0 Å². The van der Waals surface area contributed by atoms with Gasteiger partial charge in [0.2, 0.25) is 0 Å². The van der Waals surface area contributed by atoms with E-state index in [9.17, 15) is 4.79 Å². The van der Waals surface area contributed by atoms with Crippen LogP contribution in [0.3, 0.4) is 0 Å². The minimum atomic E-state index is -0.408. The van der Waals surface area contributed by atoms with Crippen LogP contribution in [0.2, 0.25) is 0 Å². The van der Waals surface area contributed by atoms with Crippen molar-refractivity contribution in [2.45, 2.75) is 27.0 Å². The van der Waals surface area contributed by atoms with Crippen molar-refractivity contribution < 1.29 is 14.3 Å². The van der Waals surface area contributed by atoms with Crippen molar-refractivity contribution in [3.05, 3.63) is 90.5 Å². The Hall–Kier alpha value is -3.96. The Kier molecular flexibility index (Phi) is 6.34. The number of fused-ring (bicyclic) bond motifs is 3. The van der Waals surface area contributed by atoms with Crippen LogP contribution in [0.4, 0.5) is 0 Å². The summed E-state index contributed by atoms with van der Waals surface area (Å²) in [6.45, 7) is 8.08. The third kappa shape index (κ3) is 4.55. The van der Waals surface area contributed by atoms with Gasteiger partial charge in [0.25, 0.3) is 0 Å². The minimum absolute atomic E-state index is 0.0747. The van der Waals surface area contributed by atoms with Crippen LogP contribution in [0, 0.1) is 0 Å². The van der Waals surface area contributed by atoms with Crippen molar-refractivity contribution in [2.24, 2.45) is 0 Å². The van der Waals surface area contributed by atoms with Crippen molar-refractivity contribution in [2.75, 3.05) is 13.1 Å². The minimum Gasteiger partial charge on any atom is -0.475 e. The van der Waals surface area contributed by atoms with Crippen LogP contribution in [0.1, 0.15) is 31.1 Å². The van der Waals surface area contributed by atoms with Crippen molar-refractivity contribution in [1.82, 2.24) is 9.88 Å². The Balaban J connectivity index is 1.67. The normalized spacial score (nSPS) is 12.3. The lowest BCUT2D eigenvalue weighted by molar-refractivity contribution is 0.0482. The molecular formula is C30H28N2O3. The number of esters is 1. The molecule has 5 rings (SSSR count). The third-order valence-electron chi connectivity index (χ3n) is 6.40. The van der Waals surface area contributed by atoms with E-state index < -0.39 is 5.97 Å². The second-order valence-electron chi connectivity index (χ2n) is 8.52. The fourth-order valence-electron chi connectivity index (χ4n) is 4.56. The Morgan fingerprint density at radius 2 is 1.46 bits per heavy atom. The molecule has 1 unspecified atom stereocenters. The largest absolute Gasteiger partial charge is 0.475 e. The number of pyridine rings is 1. The van der Waals surface area contributed by atoms with Gasteiger partial charge in [-0.2, -0.15) is 0 Å². The maximum absolute atomic E-state index is 13.5. The number of para-hydroxylation sites is 1. The fraction of sp³-hybridized carbons (Fsp3) is 0.200. The van der Waals surface area contributed by atoms with E-state index in [4.69, 9.17) is 14.5 Å². The smallest absolute Gasteiger partial charge is 0.344 e. The molecule has 0 spiro atoms. The van der Waals surface area contributed by atoms with E-state index in [1.165, 1.54) is 0 Å². The van der Waals surface area contributed by atoms with E-state index >= 15 is 0 Å². The number of carbonyl (C=O) groups excluding carboxylic acids is 1. The lowest BCUT2D eigenvalue weighted by Gasteiger charge is -2.27. The molecule has 1 aromatic heterocycles. The van der Waals surface area contributed by atoms with Crippen LogP contribution < -0.4 is 9.47 Å². The van der Waals surface area contributed by atoms with Crippen LogP contribution in [-0.4, -0.2) is 35.2 Å². The van der Waals surface area contributed by atoms with Gasteiger partial charge >= 0.3 is 5.97 Å². The number of hydrogen-bond acceptors (Lipinski definition) is 5. The molecule has 0 radical (unpaired) electrons. The lowest BCUT2D eigenvalue weighted by Crippen LogP contribution is -2.36. The number of benzene rings is 4. The number of carbonyl (C=O) groups is 1. The van der Waals surface area contributed by atoms with Gasteiger partial charge in [-0.3, -0.25) is 4.90 Å². The molecule has 0 aliphatic rings. The molecule has 1 heterocycles. The van der Waals surface area contributed by atoms with Gasteiger partial charge in [0.15, 0.2) is 0 Å². The summed E-state index contributed by atoms with van der Waals surface area (Å²) in [6, 6.07) is 27.0. The first kappa shape index (κ1) is 22.8. The molecule has 176 valence electrons. The molecule has 0 saturated heterocycles. The predicted molar refractivity (Wildman–Crippen MR) is 141 cm³/mol. The molecule has 5 aromatic rings. The second-order valence-corrected chi connectivity index (χ2v) is 8.52. The first-order valence-corrected chi connectivity index (χ1v) is 12.0. The summed E-state index contributed by atoms with van der Waals surface area (Å²) in [5, 5.41) is 3.61. The average molecular weight is 465 g/mol. The second kappa shape index (κ2) is 9.72. The third-order valence-corrected chi connectivity index (χ3v) is 6.40. The van der Waals surface area contributed by atoms with E-state index in [2.05, 4.69) is 18.7 Å². The molecule has 0 bridgehead atoms. The van der Waals surface area contributed by atoms with Gasteiger partial charge in [0.1, 0.15) is 17.7 Å². The number of rotatable bonds is 7. The van der Waals surface area contributed by atoms with Crippen LogP contribution in [0.25, 0.3) is 32.6 Å². The van der Waals surface area contributed by atoms with Crippen molar-refractivity contribution in [1.29, 1.82) is 0 Å². The van der Waals surface area contributed by atoms with E-state index in [-0.39, 0.29) is 6.23 Å². The molecule has 5 heteroatoms. The first-order chi connectivity index (χ1) is 17.1. The molecule has 0 fully saturated rings. The molecule has 0 aliphatic heterocycles. The zero-order valence-corrected chi connectivity index (χ0v) is 20.2. The zero-order chi connectivity index (χ0) is 24.4. The zero-order valence-electron chi connectivity index (χ0n) is 20.2. The summed E-state index contributed by atoms with van der Waals surface area (Å²) in [5.41, 5.74) is 1.94. The fourth-order valence-corrected chi connectivity index (χ4v) is 4.56. The van der Waals surface area contributed by atoms with E-state index in [0.717, 1.165) is 40.2 Å². The Bertz CT molecular complexity index is 1510. The van der Waals surface area contributed by atoms with Crippen LogP contribution in [-0.2, 0) is 0 Å². The van der Waals surface area contributed by atoms with Crippen molar-refractivity contribution in [3.63, 3.8) is 0 Å². The van der Waals surface area contributed by atoms with Gasteiger partial charge in [0.05, 0.1) is 16.6 Å². The molecular weight excluding hydrogens is 436 g/mol. The molecule has 35 heavy (non-hydrogen) atoms. The van der Waals surface area contributed by atoms with Crippen molar-refractivity contribution >= 4 is 38.5 Å². The SMILES string of the molecule is CCN(CC)C(C)Oc1ccc2c(C(=O)Oc3ccccc3)c3cc4ccccc4cc3nc2c1. The van der Waals surface area contributed by atoms with E-state index in [0.29, 0.717) is 22.6 Å². The summed E-state index contributed by atoms with van der Waals surface area (Å²) in [4.78, 5) is 20.7. The molecule has 5 nitrogen and oxygen atoms in total. The van der Waals surface area contributed by atoms with E-state index in [1.807, 2.05) is 79.7 Å². The molecule has 0 saturated carbocycles. The monoisotopic (exact) mass is 464 g/mol. The van der Waals surface area contributed by atoms with E-state index in [1.54, 1.807) is 12.1 Å². The summed E-state index contributed by atoms with van der Waals surface area (Å²) >= 11 is 0. The maximum Gasteiger partial charge on any atom is 0.344 e. The van der Waals surface area contributed by atoms with Gasteiger partial charge in [0, 0.05) is 16.8 Å². The Labute approximate surface area is 204 Å². The highest BCUT2D eigenvalue weighted by molar-refractivity contribution is 6.17. The molecule has 1 atom stereocenters. The highest BCUT2D eigenvalue weighted by atomic mass is 16.5. The highest BCUT2D eigenvalue weighted by Gasteiger charge is 2.20. The quantitative estimate of drug-likeness (QED) is 0.114. The lowest BCUT2D eigenvalue weighted by atomic mass is 9.99. The standard InChI is InChI=1S/C30H28N2O3/c1-4-32(5-2)20(3)34-24-15-16-25-28(19-24)31-27-18-22-12-10-9-11-21(22)17-26(27)29(25)30(33)35-23-13-7-6-8-14-23/h6-20H,4-5H2,1-3H3. The molecule has 0 N–H and O–H groups in total. The van der Waals surface area contributed by atoms with Gasteiger partial charge in [-0.05, 0) is 67.2 Å². The number of nitrogens with zero attached hydrogens (tertiary/aromatic N) is 2. The summed E-state index contributed by atoms with van der Waals surface area (Å²) in [7, 11) is 0. The summed E-state index contributed by atoms with van der Waals surface area (Å²) < 4.78 is 12.0. The van der Waals surface area contributed by atoms with Crippen LogP contribution in [0.5, 0.6) is 11.5 Å². The number of hydrogen-bond donors (Lipinski definition) is 0. The Morgan fingerprint density at radius 3 is 2.17 bits per heavy atom. The van der Waals surface area contributed by atoms with Crippen LogP contribution in [0.15, 0.2) is 84.9 Å².